The van der Waals surface area contributed by atoms with Gasteiger partial charge in [-0.2, -0.15) is 0 Å². The minimum atomic E-state index is 0. The third-order valence-corrected chi connectivity index (χ3v) is 4.28. The number of ether oxygens (including phenoxy) is 1. The van der Waals surface area contributed by atoms with Crippen LogP contribution in [-0.2, 0) is 6.54 Å². The summed E-state index contributed by atoms with van der Waals surface area (Å²) < 4.78 is 5.38. The van der Waals surface area contributed by atoms with Gasteiger partial charge in [0.2, 0.25) is 0 Å². The van der Waals surface area contributed by atoms with Gasteiger partial charge in [0, 0.05) is 32.2 Å². The number of hydrogen-bond donors (Lipinski definition) is 2. The Hall–Kier alpha value is -1.02. The maximum absolute atomic E-state index is 5.38. The largest absolute Gasteiger partial charge is 0.496 e. The lowest BCUT2D eigenvalue weighted by molar-refractivity contribution is 0.289. The molecule has 1 saturated heterocycles. The molecule has 1 aromatic carbocycles. The molecule has 0 aliphatic carbocycles. The molecule has 1 aliphatic heterocycles. The van der Waals surface area contributed by atoms with E-state index in [0.29, 0.717) is 6.54 Å². The van der Waals surface area contributed by atoms with Gasteiger partial charge in [0.25, 0.3) is 0 Å². The molecular weight excluding hydrogens is 415 g/mol. The Morgan fingerprint density at radius 3 is 2.50 bits per heavy atom. The van der Waals surface area contributed by atoms with E-state index >= 15 is 0 Å². The lowest BCUT2D eigenvalue weighted by Gasteiger charge is -2.20. The van der Waals surface area contributed by atoms with E-state index < -0.39 is 0 Å². The normalized spacial score (nSPS) is 16.0. The minimum Gasteiger partial charge on any atom is -0.496 e. The first-order chi connectivity index (χ1) is 11.3. The van der Waals surface area contributed by atoms with Crippen LogP contribution >= 0.6 is 24.0 Å². The highest BCUT2D eigenvalue weighted by Gasteiger charge is 2.08. The Bertz CT molecular complexity index is 488. The lowest BCUT2D eigenvalue weighted by Crippen LogP contribution is -2.41. The second-order valence-electron chi connectivity index (χ2n) is 5.92. The average Bonchev–Trinajstić information content (AvgIpc) is 2.87. The second-order valence-corrected chi connectivity index (χ2v) is 5.92. The van der Waals surface area contributed by atoms with Gasteiger partial charge in [0.1, 0.15) is 5.75 Å². The Labute approximate surface area is 163 Å². The molecule has 0 unspecified atom stereocenters. The van der Waals surface area contributed by atoms with Crippen LogP contribution in [0.5, 0.6) is 5.75 Å². The van der Waals surface area contributed by atoms with Gasteiger partial charge in [-0.05, 0) is 32.0 Å². The molecule has 0 atom stereocenters. The molecule has 136 valence electrons. The molecule has 1 aromatic rings. The molecule has 5 nitrogen and oxygen atoms in total. The topological polar surface area (TPSA) is 48.9 Å². The van der Waals surface area contributed by atoms with E-state index in [1.54, 1.807) is 7.11 Å². The number of rotatable bonds is 6. The summed E-state index contributed by atoms with van der Waals surface area (Å²) in [6, 6.07) is 8.05. The summed E-state index contributed by atoms with van der Waals surface area (Å²) in [6.07, 6.45) is 5.43. The first kappa shape index (κ1) is 21.0. The van der Waals surface area contributed by atoms with Crippen LogP contribution in [0.2, 0.25) is 0 Å². The van der Waals surface area contributed by atoms with Crippen molar-refractivity contribution < 1.29 is 4.74 Å². The molecule has 1 fully saturated rings. The standard InChI is InChI=1S/C18H30N4O.HI/c1-19-18(20-11-14-22-12-7-3-4-8-13-22)21-15-16-9-5-6-10-17(16)23-2;/h5-6,9-10H,3-4,7-8,11-15H2,1-2H3,(H2,19,20,21);1H. The maximum Gasteiger partial charge on any atom is 0.191 e. The zero-order chi connectivity index (χ0) is 16.3. The highest BCUT2D eigenvalue weighted by atomic mass is 127. The van der Waals surface area contributed by atoms with Gasteiger partial charge in [-0.1, -0.05) is 31.0 Å². The fourth-order valence-corrected chi connectivity index (χ4v) is 2.94. The van der Waals surface area contributed by atoms with Crippen LogP contribution in [0, 0.1) is 0 Å². The van der Waals surface area contributed by atoms with Gasteiger partial charge in [0.05, 0.1) is 7.11 Å². The number of nitrogens with one attached hydrogen (secondary N) is 2. The Morgan fingerprint density at radius 2 is 1.83 bits per heavy atom. The van der Waals surface area contributed by atoms with Crippen LogP contribution in [0.3, 0.4) is 0 Å². The zero-order valence-electron chi connectivity index (χ0n) is 14.9. The Balaban J connectivity index is 0.00000288. The molecule has 0 spiro atoms. The minimum absolute atomic E-state index is 0. The smallest absolute Gasteiger partial charge is 0.191 e. The van der Waals surface area contributed by atoms with Crippen molar-refractivity contribution in [3.8, 4) is 5.75 Å². The number of likely N-dealkylation sites (tertiary alicyclic amines) is 1. The van der Waals surface area contributed by atoms with Gasteiger partial charge >= 0.3 is 0 Å². The van der Waals surface area contributed by atoms with Crippen molar-refractivity contribution >= 4 is 29.9 Å². The summed E-state index contributed by atoms with van der Waals surface area (Å²) in [7, 11) is 3.51. The molecule has 6 heteroatoms. The molecule has 0 aromatic heterocycles. The summed E-state index contributed by atoms with van der Waals surface area (Å²) in [4.78, 5) is 6.84. The molecule has 0 bridgehead atoms. The first-order valence-corrected chi connectivity index (χ1v) is 8.62. The van der Waals surface area contributed by atoms with E-state index in [4.69, 9.17) is 4.74 Å². The molecular formula is C18H31IN4O. The van der Waals surface area contributed by atoms with Gasteiger partial charge < -0.3 is 20.3 Å². The quantitative estimate of drug-likeness (QED) is 0.401. The van der Waals surface area contributed by atoms with E-state index in [2.05, 4.69) is 26.6 Å². The van der Waals surface area contributed by atoms with Crippen molar-refractivity contribution in [2.75, 3.05) is 40.3 Å². The number of aliphatic imine (C=N–C) groups is 1. The SMILES string of the molecule is CN=C(NCCN1CCCCCC1)NCc1ccccc1OC.I. The van der Waals surface area contributed by atoms with E-state index in [0.717, 1.165) is 30.4 Å². The van der Waals surface area contributed by atoms with Crippen molar-refractivity contribution in [3.63, 3.8) is 0 Å². The molecule has 1 heterocycles. The van der Waals surface area contributed by atoms with E-state index in [-0.39, 0.29) is 24.0 Å². The molecule has 2 N–H and O–H groups in total. The van der Waals surface area contributed by atoms with E-state index in [1.165, 1.54) is 38.8 Å². The summed E-state index contributed by atoms with van der Waals surface area (Å²) >= 11 is 0. The first-order valence-electron chi connectivity index (χ1n) is 8.62. The van der Waals surface area contributed by atoms with Crippen molar-refractivity contribution in [1.29, 1.82) is 0 Å². The van der Waals surface area contributed by atoms with Crippen LogP contribution in [0.1, 0.15) is 31.2 Å². The molecule has 2 rings (SSSR count). The van der Waals surface area contributed by atoms with Crippen LogP contribution in [0.4, 0.5) is 0 Å². The molecule has 24 heavy (non-hydrogen) atoms. The maximum atomic E-state index is 5.38. The number of halogens is 1. The van der Waals surface area contributed by atoms with Crippen LogP contribution in [0.15, 0.2) is 29.3 Å². The number of hydrogen-bond acceptors (Lipinski definition) is 3. The summed E-state index contributed by atoms with van der Waals surface area (Å²) in [5, 5.41) is 6.75. The molecule has 1 aliphatic rings. The van der Waals surface area contributed by atoms with Crippen LogP contribution < -0.4 is 15.4 Å². The number of guanidine groups is 1. The molecule has 0 saturated carbocycles. The number of para-hydroxylation sites is 1. The lowest BCUT2D eigenvalue weighted by atomic mass is 10.2. The van der Waals surface area contributed by atoms with Crippen molar-refractivity contribution in [3.05, 3.63) is 29.8 Å². The van der Waals surface area contributed by atoms with Gasteiger partial charge in [-0.25, -0.2) is 0 Å². The highest BCUT2D eigenvalue weighted by molar-refractivity contribution is 14.0. The second kappa shape index (κ2) is 12.4. The Morgan fingerprint density at radius 1 is 1.12 bits per heavy atom. The highest BCUT2D eigenvalue weighted by Crippen LogP contribution is 2.16. The third kappa shape index (κ3) is 7.25. The number of methoxy groups -OCH3 is 1. The zero-order valence-corrected chi connectivity index (χ0v) is 17.2. The van der Waals surface area contributed by atoms with Crippen molar-refractivity contribution in [2.45, 2.75) is 32.2 Å². The number of nitrogens with zero attached hydrogens (tertiary/aromatic N) is 2. The predicted molar refractivity (Wildman–Crippen MR) is 112 cm³/mol. The van der Waals surface area contributed by atoms with Crippen LogP contribution in [0.25, 0.3) is 0 Å². The predicted octanol–water partition coefficient (Wildman–Crippen LogP) is 2.85. The fraction of sp³-hybridized carbons (Fsp3) is 0.611. The monoisotopic (exact) mass is 446 g/mol. The van der Waals surface area contributed by atoms with Crippen molar-refractivity contribution in [1.82, 2.24) is 15.5 Å². The van der Waals surface area contributed by atoms with Crippen molar-refractivity contribution in [2.24, 2.45) is 4.99 Å². The van der Waals surface area contributed by atoms with Crippen LogP contribution in [-0.4, -0.2) is 51.2 Å². The van der Waals surface area contributed by atoms with Gasteiger partial charge in [-0.3, -0.25) is 4.99 Å². The third-order valence-electron chi connectivity index (χ3n) is 4.28. The average molecular weight is 446 g/mol. The summed E-state index contributed by atoms with van der Waals surface area (Å²) in [6.45, 7) is 5.16. The van der Waals surface area contributed by atoms with Gasteiger partial charge in [0.15, 0.2) is 5.96 Å². The Kier molecular flexibility index (Phi) is 10.8. The number of benzene rings is 1. The summed E-state index contributed by atoms with van der Waals surface area (Å²) in [5.41, 5.74) is 1.13. The molecule has 0 radical (unpaired) electrons. The molecule has 0 amide bonds. The van der Waals surface area contributed by atoms with E-state index in [1.807, 2.05) is 25.2 Å². The van der Waals surface area contributed by atoms with E-state index in [9.17, 15) is 0 Å². The summed E-state index contributed by atoms with van der Waals surface area (Å²) in [5.74, 6) is 1.74. The van der Waals surface area contributed by atoms with Gasteiger partial charge in [-0.15, -0.1) is 24.0 Å². The fourth-order valence-electron chi connectivity index (χ4n) is 2.94.